The van der Waals surface area contributed by atoms with Crippen molar-refractivity contribution in [2.24, 2.45) is 11.7 Å². The summed E-state index contributed by atoms with van der Waals surface area (Å²) in [5.74, 6) is 0.853. The molecule has 0 amide bonds. The van der Waals surface area contributed by atoms with Gasteiger partial charge in [-0.1, -0.05) is 50.1 Å². The Hall–Kier alpha value is -0.860. The molecule has 1 aliphatic carbocycles. The summed E-state index contributed by atoms with van der Waals surface area (Å²) in [4.78, 5) is 2.52. The molecule has 19 heavy (non-hydrogen) atoms. The highest BCUT2D eigenvalue weighted by atomic mass is 15.2. The van der Waals surface area contributed by atoms with Crippen molar-refractivity contribution in [2.75, 3.05) is 7.05 Å². The summed E-state index contributed by atoms with van der Waals surface area (Å²) in [6.45, 7) is 4.50. The molecule has 1 fully saturated rings. The molecule has 0 spiro atoms. The molecule has 1 aromatic rings. The maximum Gasteiger partial charge on any atom is 0.0496 e. The van der Waals surface area contributed by atoms with Gasteiger partial charge < -0.3 is 5.73 Å². The molecule has 0 aromatic heterocycles. The average Bonchev–Trinajstić information content (AvgIpc) is 2.39. The van der Waals surface area contributed by atoms with E-state index in [0.717, 1.165) is 5.92 Å². The van der Waals surface area contributed by atoms with Gasteiger partial charge in [0.25, 0.3) is 0 Å². The van der Waals surface area contributed by atoms with Gasteiger partial charge in [-0.25, -0.2) is 0 Å². The van der Waals surface area contributed by atoms with Crippen LogP contribution >= 0.6 is 0 Å². The number of rotatable bonds is 4. The van der Waals surface area contributed by atoms with Crippen molar-refractivity contribution >= 4 is 0 Å². The number of nitrogens with two attached hydrogens (primary N) is 1. The van der Waals surface area contributed by atoms with Crippen molar-refractivity contribution in [3.05, 3.63) is 35.9 Å². The van der Waals surface area contributed by atoms with Crippen LogP contribution in [0.4, 0.5) is 0 Å². The van der Waals surface area contributed by atoms with E-state index in [0.29, 0.717) is 12.1 Å². The molecule has 106 valence electrons. The largest absolute Gasteiger partial charge is 0.326 e. The first-order valence-corrected chi connectivity index (χ1v) is 7.62. The molecule has 2 N–H and O–H groups in total. The van der Waals surface area contributed by atoms with Crippen molar-refractivity contribution < 1.29 is 0 Å². The lowest BCUT2D eigenvalue weighted by Crippen LogP contribution is -2.44. The smallest absolute Gasteiger partial charge is 0.0496 e. The van der Waals surface area contributed by atoms with Crippen LogP contribution in [0.5, 0.6) is 0 Å². The molecule has 4 atom stereocenters. The van der Waals surface area contributed by atoms with E-state index in [9.17, 15) is 0 Å². The van der Waals surface area contributed by atoms with E-state index in [1.165, 1.54) is 31.2 Å². The van der Waals surface area contributed by atoms with Crippen LogP contribution in [-0.4, -0.2) is 24.0 Å². The lowest BCUT2D eigenvalue weighted by molar-refractivity contribution is 0.106. The maximum atomic E-state index is 6.27. The number of hydrogen-bond donors (Lipinski definition) is 1. The van der Waals surface area contributed by atoms with Gasteiger partial charge in [0.05, 0.1) is 0 Å². The molecule has 2 heteroatoms. The summed E-state index contributed by atoms with van der Waals surface area (Å²) < 4.78 is 0. The van der Waals surface area contributed by atoms with Crippen LogP contribution in [-0.2, 0) is 0 Å². The molecule has 0 bridgehead atoms. The Labute approximate surface area is 118 Å². The molecule has 0 aliphatic heterocycles. The SMILES string of the molecule is CC1CCCC(N(C)C(c2ccccc2)C(C)N)C1. The van der Waals surface area contributed by atoms with Crippen LogP contribution in [0.3, 0.4) is 0 Å². The Kier molecular flexibility index (Phi) is 5.00. The molecular weight excluding hydrogens is 232 g/mol. The van der Waals surface area contributed by atoms with E-state index in [-0.39, 0.29) is 6.04 Å². The lowest BCUT2D eigenvalue weighted by Gasteiger charge is -2.40. The molecule has 1 aromatic carbocycles. The van der Waals surface area contributed by atoms with Gasteiger partial charge >= 0.3 is 0 Å². The Morgan fingerprint density at radius 1 is 1.21 bits per heavy atom. The molecule has 4 unspecified atom stereocenters. The topological polar surface area (TPSA) is 29.3 Å². The van der Waals surface area contributed by atoms with E-state index >= 15 is 0 Å². The second kappa shape index (κ2) is 6.53. The molecule has 0 saturated heterocycles. The molecule has 1 aliphatic rings. The summed E-state index contributed by atoms with van der Waals surface area (Å²) in [7, 11) is 2.25. The van der Waals surface area contributed by atoms with Crippen molar-refractivity contribution in [2.45, 2.75) is 57.7 Å². The maximum absolute atomic E-state index is 6.27. The van der Waals surface area contributed by atoms with Gasteiger partial charge in [0.2, 0.25) is 0 Å². The van der Waals surface area contributed by atoms with E-state index < -0.39 is 0 Å². The fourth-order valence-corrected chi connectivity index (χ4v) is 3.56. The van der Waals surface area contributed by atoms with Crippen molar-refractivity contribution in [3.8, 4) is 0 Å². The molecule has 0 heterocycles. The third kappa shape index (κ3) is 3.58. The number of benzene rings is 1. The normalized spacial score (nSPS) is 27.2. The standard InChI is InChI=1S/C17H28N2/c1-13-8-7-11-16(12-13)19(3)17(14(2)18)15-9-5-4-6-10-15/h4-6,9-10,13-14,16-17H,7-8,11-12,18H2,1-3H3. The van der Waals surface area contributed by atoms with Crippen molar-refractivity contribution in [3.63, 3.8) is 0 Å². The predicted molar refractivity (Wildman–Crippen MR) is 82.0 cm³/mol. The van der Waals surface area contributed by atoms with Gasteiger partial charge in [0.15, 0.2) is 0 Å². The zero-order valence-corrected chi connectivity index (χ0v) is 12.5. The van der Waals surface area contributed by atoms with Crippen LogP contribution in [0.2, 0.25) is 0 Å². The van der Waals surface area contributed by atoms with E-state index in [2.05, 4.69) is 56.1 Å². The summed E-state index contributed by atoms with van der Waals surface area (Å²) in [5.41, 5.74) is 7.61. The third-order valence-electron chi connectivity index (χ3n) is 4.56. The number of hydrogen-bond acceptors (Lipinski definition) is 2. The van der Waals surface area contributed by atoms with Crippen molar-refractivity contribution in [1.82, 2.24) is 4.90 Å². The Morgan fingerprint density at radius 2 is 1.89 bits per heavy atom. The van der Waals surface area contributed by atoms with Crippen LogP contribution in [0.25, 0.3) is 0 Å². The minimum atomic E-state index is 0.157. The highest BCUT2D eigenvalue weighted by Crippen LogP contribution is 2.32. The van der Waals surface area contributed by atoms with Gasteiger partial charge in [-0.05, 0) is 38.3 Å². The first kappa shape index (κ1) is 14.5. The second-order valence-electron chi connectivity index (χ2n) is 6.31. The van der Waals surface area contributed by atoms with E-state index in [1.807, 2.05) is 0 Å². The summed E-state index contributed by atoms with van der Waals surface area (Å²) in [6, 6.07) is 11.9. The third-order valence-corrected chi connectivity index (χ3v) is 4.56. The minimum absolute atomic E-state index is 0.157. The highest BCUT2D eigenvalue weighted by Gasteiger charge is 2.29. The van der Waals surface area contributed by atoms with Gasteiger partial charge in [-0.15, -0.1) is 0 Å². The molecule has 0 radical (unpaired) electrons. The van der Waals surface area contributed by atoms with Gasteiger partial charge in [-0.3, -0.25) is 4.90 Å². The number of nitrogens with zero attached hydrogens (tertiary/aromatic N) is 1. The fraction of sp³-hybridized carbons (Fsp3) is 0.647. The lowest BCUT2D eigenvalue weighted by atomic mass is 9.85. The van der Waals surface area contributed by atoms with E-state index in [1.54, 1.807) is 0 Å². The van der Waals surface area contributed by atoms with E-state index in [4.69, 9.17) is 5.73 Å². The highest BCUT2D eigenvalue weighted by molar-refractivity contribution is 5.20. The molecule has 2 rings (SSSR count). The summed E-state index contributed by atoms with van der Waals surface area (Å²) in [5, 5.41) is 0. The number of likely N-dealkylation sites (N-methyl/N-ethyl adjacent to an activating group) is 1. The van der Waals surface area contributed by atoms with Gasteiger partial charge in [0, 0.05) is 18.1 Å². The zero-order valence-electron chi connectivity index (χ0n) is 12.5. The minimum Gasteiger partial charge on any atom is -0.326 e. The van der Waals surface area contributed by atoms with Crippen LogP contribution in [0.15, 0.2) is 30.3 Å². The zero-order chi connectivity index (χ0) is 13.8. The first-order valence-electron chi connectivity index (χ1n) is 7.62. The van der Waals surface area contributed by atoms with Gasteiger partial charge in [0.1, 0.15) is 0 Å². The van der Waals surface area contributed by atoms with Gasteiger partial charge in [-0.2, -0.15) is 0 Å². The second-order valence-corrected chi connectivity index (χ2v) is 6.31. The predicted octanol–water partition coefficient (Wildman–Crippen LogP) is 3.59. The van der Waals surface area contributed by atoms with Crippen LogP contribution in [0, 0.1) is 5.92 Å². The monoisotopic (exact) mass is 260 g/mol. The van der Waals surface area contributed by atoms with Crippen LogP contribution in [0.1, 0.15) is 51.1 Å². The first-order chi connectivity index (χ1) is 9.09. The quantitative estimate of drug-likeness (QED) is 0.896. The summed E-state index contributed by atoms with van der Waals surface area (Å²) >= 11 is 0. The Balaban J connectivity index is 2.15. The summed E-state index contributed by atoms with van der Waals surface area (Å²) in [6.07, 6.45) is 5.37. The van der Waals surface area contributed by atoms with Crippen molar-refractivity contribution in [1.29, 1.82) is 0 Å². The molecular formula is C17H28N2. The Bertz CT molecular complexity index is 374. The average molecular weight is 260 g/mol. The molecule has 1 saturated carbocycles. The fourth-order valence-electron chi connectivity index (χ4n) is 3.56. The Morgan fingerprint density at radius 3 is 2.47 bits per heavy atom. The molecule has 2 nitrogen and oxygen atoms in total. The van der Waals surface area contributed by atoms with Crippen LogP contribution < -0.4 is 5.73 Å².